The molecule has 39 heavy (non-hydrogen) atoms. The molecule has 2 aliphatic heterocycles. The maximum atomic E-state index is 11.8. The molecule has 0 spiro atoms. The van der Waals surface area contributed by atoms with Crippen molar-refractivity contribution in [2.45, 2.75) is 19.4 Å². The van der Waals surface area contributed by atoms with Gasteiger partial charge in [-0.25, -0.2) is 9.97 Å². The molecule has 0 atom stereocenters. The van der Waals surface area contributed by atoms with Gasteiger partial charge in [-0.15, -0.1) is 0 Å². The number of hydrogen-bond acceptors (Lipinski definition) is 9. The van der Waals surface area contributed by atoms with Crippen molar-refractivity contribution in [1.29, 1.82) is 0 Å². The van der Waals surface area contributed by atoms with Crippen molar-refractivity contribution in [2.24, 2.45) is 5.92 Å². The van der Waals surface area contributed by atoms with Gasteiger partial charge in [-0.1, -0.05) is 24.3 Å². The van der Waals surface area contributed by atoms with E-state index in [2.05, 4.69) is 54.8 Å². The van der Waals surface area contributed by atoms with Crippen LogP contribution in [0.2, 0.25) is 0 Å². The second kappa shape index (κ2) is 11.3. The number of pyridine rings is 2. The largest absolute Gasteiger partial charge is 0.341 e. The summed E-state index contributed by atoms with van der Waals surface area (Å²) in [7, 11) is 0. The third-order valence-corrected chi connectivity index (χ3v) is 7.76. The van der Waals surface area contributed by atoms with Gasteiger partial charge in [0.2, 0.25) is 5.95 Å². The molecular formula is C29H27N7O2S. The minimum absolute atomic E-state index is 0.351. The zero-order chi connectivity index (χ0) is 26.6. The number of aromatic nitrogens is 4. The van der Waals surface area contributed by atoms with Crippen molar-refractivity contribution >= 4 is 45.8 Å². The summed E-state index contributed by atoms with van der Waals surface area (Å²) in [5.74, 6) is 0.824. The maximum absolute atomic E-state index is 11.8. The van der Waals surface area contributed by atoms with Gasteiger partial charge in [-0.05, 0) is 73.5 Å². The molecule has 9 nitrogen and oxygen atoms in total. The predicted octanol–water partition coefficient (Wildman–Crippen LogP) is 4.42. The summed E-state index contributed by atoms with van der Waals surface area (Å²) in [5, 5.41) is 6.61. The summed E-state index contributed by atoms with van der Waals surface area (Å²) < 4.78 is 0. The molecule has 0 aliphatic carbocycles. The number of imide groups is 1. The van der Waals surface area contributed by atoms with Crippen LogP contribution in [-0.4, -0.2) is 50.7 Å². The first-order chi connectivity index (χ1) is 19.1. The number of nitrogens with zero attached hydrogens (tertiary/aromatic N) is 5. The molecule has 0 unspecified atom stereocenters. The molecule has 5 heterocycles. The lowest BCUT2D eigenvalue weighted by Gasteiger charge is -2.32. The van der Waals surface area contributed by atoms with Crippen LogP contribution in [0.5, 0.6) is 0 Å². The number of amides is 2. The molecule has 0 bridgehead atoms. The highest BCUT2D eigenvalue weighted by Gasteiger charge is 2.26. The van der Waals surface area contributed by atoms with Crippen molar-refractivity contribution in [1.82, 2.24) is 30.6 Å². The number of carbonyl (C=O) groups is 2. The molecule has 1 aromatic carbocycles. The van der Waals surface area contributed by atoms with Crippen LogP contribution in [0.25, 0.3) is 28.2 Å². The molecule has 0 saturated carbocycles. The molecule has 2 N–H and O–H groups in total. The molecule has 2 aliphatic rings. The van der Waals surface area contributed by atoms with E-state index in [-0.39, 0.29) is 11.1 Å². The van der Waals surface area contributed by atoms with Gasteiger partial charge in [0.15, 0.2) is 0 Å². The number of anilines is 1. The Morgan fingerprint density at radius 2 is 1.82 bits per heavy atom. The molecule has 3 aromatic heterocycles. The Kier molecular flexibility index (Phi) is 7.29. The van der Waals surface area contributed by atoms with Gasteiger partial charge in [0.25, 0.3) is 11.1 Å². The van der Waals surface area contributed by atoms with Crippen LogP contribution in [-0.2, 0) is 11.3 Å². The molecule has 2 saturated heterocycles. The van der Waals surface area contributed by atoms with Gasteiger partial charge in [0, 0.05) is 43.0 Å². The van der Waals surface area contributed by atoms with Gasteiger partial charge in [-0.3, -0.25) is 24.9 Å². The average molecular weight is 538 g/mol. The molecular weight excluding hydrogens is 510 g/mol. The standard InChI is InChI=1S/C29H27N7O2S/c37-27-26(39-29(38)35-27)16-20-8-12-32-28(34-20)36-14-10-19(11-15-36)17-30-18-21-4-3-7-25(33-21)23-9-13-31-24-6-2-1-5-22(23)24/h1-9,12-13,16,19,30H,10-11,14-15,17-18H2,(H,35,37,38). The second-order valence-electron chi connectivity index (χ2n) is 9.58. The molecule has 2 fully saturated rings. The summed E-state index contributed by atoms with van der Waals surface area (Å²) in [6.45, 7) is 3.36. The third-order valence-electron chi connectivity index (χ3n) is 6.95. The van der Waals surface area contributed by atoms with Crippen LogP contribution in [0.1, 0.15) is 24.2 Å². The van der Waals surface area contributed by atoms with E-state index in [1.165, 1.54) is 0 Å². The van der Waals surface area contributed by atoms with Gasteiger partial charge >= 0.3 is 0 Å². The fourth-order valence-corrected chi connectivity index (χ4v) is 5.61. The van der Waals surface area contributed by atoms with Gasteiger partial charge in [-0.2, -0.15) is 0 Å². The molecule has 2 amide bonds. The van der Waals surface area contributed by atoms with E-state index in [1.807, 2.05) is 30.5 Å². The first kappa shape index (κ1) is 25.1. The number of thioether (sulfide) groups is 1. The average Bonchev–Trinajstić information content (AvgIpc) is 3.29. The van der Waals surface area contributed by atoms with Gasteiger partial charge in [0.05, 0.1) is 27.5 Å². The second-order valence-corrected chi connectivity index (χ2v) is 10.6. The summed E-state index contributed by atoms with van der Waals surface area (Å²) in [5.41, 5.74) is 4.65. The number of carbonyl (C=O) groups excluding carboxylic acids is 2. The first-order valence-corrected chi connectivity index (χ1v) is 13.8. The number of fused-ring (bicyclic) bond motifs is 1. The van der Waals surface area contributed by atoms with Crippen LogP contribution >= 0.6 is 11.8 Å². The van der Waals surface area contributed by atoms with Crippen molar-refractivity contribution in [3.8, 4) is 11.3 Å². The molecule has 4 aromatic rings. The fraction of sp³-hybridized carbons (Fsp3) is 0.241. The van der Waals surface area contributed by atoms with Gasteiger partial charge < -0.3 is 10.2 Å². The highest BCUT2D eigenvalue weighted by Crippen LogP contribution is 2.27. The minimum Gasteiger partial charge on any atom is -0.341 e. The van der Waals surface area contributed by atoms with E-state index in [4.69, 9.17) is 4.98 Å². The van der Waals surface area contributed by atoms with E-state index >= 15 is 0 Å². The third kappa shape index (κ3) is 5.81. The number of para-hydroxylation sites is 1. The predicted molar refractivity (Wildman–Crippen MR) is 153 cm³/mol. The number of piperidine rings is 1. The summed E-state index contributed by atoms with van der Waals surface area (Å²) in [6.07, 6.45) is 7.23. The van der Waals surface area contributed by atoms with Crippen LogP contribution in [0, 0.1) is 5.92 Å². The number of benzene rings is 1. The molecule has 10 heteroatoms. The van der Waals surface area contributed by atoms with Crippen LogP contribution < -0.4 is 15.5 Å². The Labute approximate surface area is 230 Å². The zero-order valence-corrected chi connectivity index (χ0v) is 22.0. The van der Waals surface area contributed by atoms with Crippen LogP contribution in [0.15, 0.2) is 71.9 Å². The lowest BCUT2D eigenvalue weighted by atomic mass is 9.97. The van der Waals surface area contributed by atoms with Crippen LogP contribution in [0.3, 0.4) is 0 Å². The Hall–Kier alpha value is -4.15. The van der Waals surface area contributed by atoms with E-state index in [9.17, 15) is 9.59 Å². The fourth-order valence-electron chi connectivity index (χ4n) is 4.94. The van der Waals surface area contributed by atoms with Crippen molar-refractivity contribution in [2.75, 3.05) is 24.5 Å². The van der Waals surface area contributed by atoms with E-state index in [0.717, 1.165) is 72.1 Å². The first-order valence-electron chi connectivity index (χ1n) is 13.0. The summed E-state index contributed by atoms with van der Waals surface area (Å²) in [6, 6.07) is 18.1. The Morgan fingerprint density at radius 3 is 2.67 bits per heavy atom. The monoisotopic (exact) mass is 537 g/mol. The quantitative estimate of drug-likeness (QED) is 0.331. The number of hydrogen-bond donors (Lipinski definition) is 2. The van der Waals surface area contributed by atoms with Crippen molar-refractivity contribution in [3.05, 3.63) is 83.3 Å². The van der Waals surface area contributed by atoms with Crippen molar-refractivity contribution in [3.63, 3.8) is 0 Å². The van der Waals surface area contributed by atoms with Crippen LogP contribution in [0.4, 0.5) is 10.7 Å². The Bertz CT molecular complexity index is 1560. The lowest BCUT2D eigenvalue weighted by Crippen LogP contribution is -2.38. The number of rotatable bonds is 7. The zero-order valence-electron chi connectivity index (χ0n) is 21.2. The Balaban J connectivity index is 1.02. The summed E-state index contributed by atoms with van der Waals surface area (Å²) >= 11 is 0.890. The minimum atomic E-state index is -0.383. The van der Waals surface area contributed by atoms with E-state index in [1.54, 1.807) is 18.3 Å². The van der Waals surface area contributed by atoms with Gasteiger partial charge in [0.1, 0.15) is 0 Å². The molecule has 6 rings (SSSR count). The highest BCUT2D eigenvalue weighted by atomic mass is 32.2. The lowest BCUT2D eigenvalue weighted by molar-refractivity contribution is -0.115. The van der Waals surface area contributed by atoms with Crippen molar-refractivity contribution < 1.29 is 9.59 Å². The normalized spacial score (nSPS) is 17.2. The van der Waals surface area contributed by atoms with E-state index in [0.29, 0.717) is 29.0 Å². The van der Waals surface area contributed by atoms with E-state index < -0.39 is 0 Å². The topological polar surface area (TPSA) is 113 Å². The SMILES string of the molecule is O=C1NC(=O)C(=Cc2ccnc(N3CCC(CNCc4cccc(-c5ccnc6ccccc56)n4)CC3)n2)S1. The molecule has 0 radical (unpaired) electrons. The molecule has 196 valence electrons. The Morgan fingerprint density at radius 1 is 0.974 bits per heavy atom. The summed E-state index contributed by atoms with van der Waals surface area (Å²) in [4.78, 5) is 44.2. The maximum Gasteiger partial charge on any atom is 0.290 e. The number of nitrogens with one attached hydrogen (secondary N) is 2. The smallest absolute Gasteiger partial charge is 0.290 e. The highest BCUT2D eigenvalue weighted by molar-refractivity contribution is 8.18.